The molecule has 0 saturated heterocycles. The number of carbonyl (C=O) groups is 2. The largest absolute Gasteiger partial charge is 0.465 e. The second-order valence-electron chi connectivity index (χ2n) is 7.32. The minimum atomic E-state index is -3.60. The fraction of sp³-hybridized carbons (Fsp3) is 0.333. The van der Waals surface area contributed by atoms with Crippen LogP contribution < -0.4 is 9.80 Å². The summed E-state index contributed by atoms with van der Waals surface area (Å²) < 4.78 is 24.4. The Kier molecular flexibility index (Phi) is 5.40. The summed E-state index contributed by atoms with van der Waals surface area (Å²) in [6, 6.07) is 9.21. The number of carboxylic acid groups (broad SMARTS) is 1. The predicted molar refractivity (Wildman–Crippen MR) is 112 cm³/mol. The normalized spacial score (nSPS) is 16.5. The minimum Gasteiger partial charge on any atom is -0.465 e. The smallest absolute Gasteiger partial charge is 0.412 e. The molecule has 1 N–H and O–H groups in total. The number of amides is 2. The third-order valence-electron chi connectivity index (χ3n) is 5.34. The van der Waals surface area contributed by atoms with Crippen LogP contribution in [0, 0.1) is 13.8 Å². The summed E-state index contributed by atoms with van der Waals surface area (Å²) in [7, 11) is -3.60. The van der Waals surface area contributed by atoms with E-state index < -0.39 is 27.9 Å². The Morgan fingerprint density at radius 1 is 1.10 bits per heavy atom. The number of aryl methyl sites for hydroxylation is 2. The molecular weight excluding hydrogens is 392 g/mol. The van der Waals surface area contributed by atoms with Crippen molar-refractivity contribution in [2.24, 2.45) is 0 Å². The van der Waals surface area contributed by atoms with Gasteiger partial charge in [-0.05, 0) is 55.7 Å². The molecule has 7 nitrogen and oxygen atoms in total. The Balaban J connectivity index is 2.21. The topological polar surface area (TPSA) is 95.0 Å². The Bertz CT molecular complexity index is 1090. The first-order valence-corrected chi connectivity index (χ1v) is 11.2. The van der Waals surface area contributed by atoms with E-state index in [0.717, 1.165) is 17.4 Å². The maximum absolute atomic E-state index is 13.5. The molecule has 0 aromatic heterocycles. The molecule has 1 heterocycles. The number of hydrogen-bond acceptors (Lipinski definition) is 4. The summed E-state index contributed by atoms with van der Waals surface area (Å²) in [6.07, 6.45) is 0.499. The van der Waals surface area contributed by atoms with Crippen molar-refractivity contribution in [1.29, 1.82) is 0 Å². The monoisotopic (exact) mass is 416 g/mol. The maximum atomic E-state index is 13.5. The van der Waals surface area contributed by atoms with Crippen molar-refractivity contribution >= 4 is 33.2 Å². The number of nitrogens with zero attached hydrogens (tertiary/aromatic N) is 2. The van der Waals surface area contributed by atoms with Gasteiger partial charge in [0.05, 0.1) is 27.9 Å². The van der Waals surface area contributed by atoms with Crippen LogP contribution in [0.1, 0.15) is 34.8 Å². The SMILES string of the molecule is CCC1CN(C(=O)c2ccccc2S(C)(=O)=O)c2cc(C)c(C)cc2N1C(=O)O. The van der Waals surface area contributed by atoms with Gasteiger partial charge in [0.2, 0.25) is 0 Å². The highest BCUT2D eigenvalue weighted by Crippen LogP contribution is 2.39. The van der Waals surface area contributed by atoms with Crippen molar-refractivity contribution < 1.29 is 23.1 Å². The van der Waals surface area contributed by atoms with Gasteiger partial charge in [-0.3, -0.25) is 9.69 Å². The van der Waals surface area contributed by atoms with Crippen molar-refractivity contribution in [2.75, 3.05) is 22.6 Å². The lowest BCUT2D eigenvalue weighted by Gasteiger charge is -2.41. The Labute approximate surface area is 170 Å². The van der Waals surface area contributed by atoms with Crippen LogP contribution in [0.2, 0.25) is 0 Å². The molecule has 2 amide bonds. The van der Waals surface area contributed by atoms with Gasteiger partial charge in [0.25, 0.3) is 5.91 Å². The second-order valence-corrected chi connectivity index (χ2v) is 9.31. The highest BCUT2D eigenvalue weighted by Gasteiger charge is 2.37. The van der Waals surface area contributed by atoms with E-state index in [9.17, 15) is 23.1 Å². The first-order chi connectivity index (χ1) is 13.6. The molecule has 29 heavy (non-hydrogen) atoms. The van der Waals surface area contributed by atoms with Gasteiger partial charge in [-0.25, -0.2) is 13.2 Å². The zero-order valence-corrected chi connectivity index (χ0v) is 17.7. The van der Waals surface area contributed by atoms with Crippen LogP contribution in [-0.4, -0.2) is 44.4 Å². The molecule has 0 aliphatic carbocycles. The Morgan fingerprint density at radius 2 is 1.69 bits per heavy atom. The fourth-order valence-corrected chi connectivity index (χ4v) is 4.54. The minimum absolute atomic E-state index is 0.0379. The predicted octanol–water partition coefficient (Wildman–Crippen LogP) is 3.63. The van der Waals surface area contributed by atoms with E-state index in [0.29, 0.717) is 17.8 Å². The van der Waals surface area contributed by atoms with Crippen molar-refractivity contribution in [3.8, 4) is 0 Å². The van der Waals surface area contributed by atoms with Gasteiger partial charge >= 0.3 is 6.09 Å². The van der Waals surface area contributed by atoms with E-state index in [1.165, 1.54) is 21.9 Å². The quantitative estimate of drug-likeness (QED) is 0.824. The summed E-state index contributed by atoms with van der Waals surface area (Å²) in [6.45, 7) is 5.78. The van der Waals surface area contributed by atoms with E-state index in [2.05, 4.69) is 0 Å². The number of carbonyl (C=O) groups excluding carboxylic acids is 1. The fourth-order valence-electron chi connectivity index (χ4n) is 3.66. The van der Waals surface area contributed by atoms with Crippen molar-refractivity contribution in [1.82, 2.24) is 0 Å². The van der Waals surface area contributed by atoms with Crippen molar-refractivity contribution in [2.45, 2.75) is 38.1 Å². The first kappa shape index (κ1) is 20.9. The van der Waals surface area contributed by atoms with Crippen LogP contribution in [0.5, 0.6) is 0 Å². The zero-order valence-electron chi connectivity index (χ0n) is 16.8. The summed E-state index contributed by atoms with van der Waals surface area (Å²) >= 11 is 0. The van der Waals surface area contributed by atoms with Gasteiger partial charge in [0, 0.05) is 12.8 Å². The van der Waals surface area contributed by atoms with E-state index in [1.807, 2.05) is 20.8 Å². The van der Waals surface area contributed by atoms with Crippen LogP contribution in [0.3, 0.4) is 0 Å². The van der Waals surface area contributed by atoms with E-state index >= 15 is 0 Å². The van der Waals surface area contributed by atoms with Gasteiger partial charge in [0.1, 0.15) is 0 Å². The molecule has 2 aromatic carbocycles. The van der Waals surface area contributed by atoms with Gasteiger partial charge < -0.3 is 10.0 Å². The lowest BCUT2D eigenvalue weighted by atomic mass is 9.99. The third kappa shape index (κ3) is 3.72. The molecule has 0 fully saturated rings. The number of sulfone groups is 1. The molecule has 1 aliphatic rings. The number of anilines is 2. The van der Waals surface area contributed by atoms with Crippen molar-refractivity contribution in [3.05, 3.63) is 53.1 Å². The first-order valence-electron chi connectivity index (χ1n) is 9.30. The number of benzene rings is 2. The molecule has 1 aliphatic heterocycles. The zero-order chi connectivity index (χ0) is 21.5. The molecule has 3 rings (SSSR count). The lowest BCUT2D eigenvalue weighted by Crippen LogP contribution is -2.53. The molecule has 2 aromatic rings. The molecule has 154 valence electrons. The van der Waals surface area contributed by atoms with Crippen LogP contribution in [0.15, 0.2) is 41.3 Å². The molecule has 0 spiro atoms. The molecular formula is C21H24N2O5S. The number of fused-ring (bicyclic) bond motifs is 1. The molecule has 8 heteroatoms. The van der Waals surface area contributed by atoms with Gasteiger partial charge in [-0.15, -0.1) is 0 Å². The van der Waals surface area contributed by atoms with Gasteiger partial charge in [0.15, 0.2) is 9.84 Å². The highest BCUT2D eigenvalue weighted by molar-refractivity contribution is 7.90. The molecule has 0 saturated carbocycles. The third-order valence-corrected chi connectivity index (χ3v) is 6.49. The van der Waals surface area contributed by atoms with Crippen LogP contribution in [0.25, 0.3) is 0 Å². The van der Waals surface area contributed by atoms with E-state index in [1.54, 1.807) is 24.3 Å². The second kappa shape index (κ2) is 7.51. The molecule has 1 unspecified atom stereocenters. The number of rotatable bonds is 3. The number of hydrogen-bond donors (Lipinski definition) is 1. The average molecular weight is 416 g/mol. The Hall–Kier alpha value is -2.87. The molecule has 0 radical (unpaired) electrons. The summed E-state index contributed by atoms with van der Waals surface area (Å²) in [5.41, 5.74) is 2.81. The van der Waals surface area contributed by atoms with Gasteiger partial charge in [-0.2, -0.15) is 0 Å². The lowest BCUT2D eigenvalue weighted by molar-refractivity contribution is 0.0979. The van der Waals surface area contributed by atoms with Crippen LogP contribution >= 0.6 is 0 Å². The van der Waals surface area contributed by atoms with Crippen LogP contribution in [0.4, 0.5) is 16.2 Å². The summed E-state index contributed by atoms with van der Waals surface area (Å²) in [5, 5.41) is 9.78. The van der Waals surface area contributed by atoms with Crippen molar-refractivity contribution in [3.63, 3.8) is 0 Å². The summed E-state index contributed by atoms with van der Waals surface area (Å²) in [4.78, 5) is 28.2. The highest BCUT2D eigenvalue weighted by atomic mass is 32.2. The van der Waals surface area contributed by atoms with E-state index in [-0.39, 0.29) is 17.0 Å². The van der Waals surface area contributed by atoms with Crippen LogP contribution in [-0.2, 0) is 9.84 Å². The maximum Gasteiger partial charge on any atom is 0.412 e. The van der Waals surface area contributed by atoms with Gasteiger partial charge in [-0.1, -0.05) is 19.1 Å². The molecule has 0 bridgehead atoms. The average Bonchev–Trinajstić information content (AvgIpc) is 2.66. The Morgan fingerprint density at radius 3 is 2.24 bits per heavy atom. The standard InChI is InChI=1S/C21H24N2O5S/c1-5-15-12-22(20(24)16-8-6-7-9-19(16)29(4,27)28)17-10-13(2)14(3)11-18(17)23(15)21(25)26/h6-11,15H,5,12H2,1-4H3,(H,25,26). The molecule has 1 atom stereocenters. The van der Waals surface area contributed by atoms with E-state index in [4.69, 9.17) is 0 Å². The summed E-state index contributed by atoms with van der Waals surface area (Å²) in [5.74, 6) is -0.459.